The number of esters is 1. The van der Waals surface area contributed by atoms with Crippen LogP contribution in [0.25, 0.3) is 33.4 Å². The van der Waals surface area contributed by atoms with E-state index in [2.05, 4.69) is 66.9 Å². The van der Waals surface area contributed by atoms with Crippen LogP contribution >= 0.6 is 11.3 Å². The molecule has 8 rings (SSSR count). The first-order valence-electron chi connectivity index (χ1n) is 23.1. The van der Waals surface area contributed by atoms with Crippen LogP contribution < -0.4 is 10.7 Å². The Morgan fingerprint density at radius 3 is 2.61 bits per heavy atom. The summed E-state index contributed by atoms with van der Waals surface area (Å²) in [5.74, 6) is -1.83. The van der Waals surface area contributed by atoms with Crippen LogP contribution in [0.15, 0.2) is 54.6 Å². The van der Waals surface area contributed by atoms with Crippen LogP contribution in [0.3, 0.4) is 0 Å². The second kappa shape index (κ2) is 18.6. The second-order valence-electron chi connectivity index (χ2n) is 19.4. The lowest BCUT2D eigenvalue weighted by molar-refractivity contribution is -0.157. The van der Waals surface area contributed by atoms with E-state index >= 15 is 0 Å². The number of hydrogen-bond donors (Lipinski definition) is 2. The van der Waals surface area contributed by atoms with Gasteiger partial charge in [0.05, 0.1) is 40.3 Å². The number of hydrogen-bond acceptors (Lipinski definition) is 11. The molecule has 352 valence electrons. The lowest BCUT2D eigenvalue weighted by Gasteiger charge is -2.62. The van der Waals surface area contributed by atoms with Gasteiger partial charge in [0.1, 0.15) is 18.1 Å². The fourth-order valence-electron chi connectivity index (χ4n) is 10.2. The summed E-state index contributed by atoms with van der Waals surface area (Å²) in [6, 6.07) is 7.29. The van der Waals surface area contributed by atoms with Crippen LogP contribution in [-0.2, 0) is 48.0 Å². The van der Waals surface area contributed by atoms with Crippen molar-refractivity contribution in [2.45, 2.75) is 110 Å². The number of hydrazine groups is 1. The average molecular weight is 922 g/mol. The molecule has 3 aromatic heterocycles. The standard InChI is InChI=1S/C49H63N9O7S/c1-10-40(59)57-21-18-49(57)26-55(27-49)47(63)54(8)42(29(3)4)44(60)52-36-23-39-51-37(25-66-39)31-16-17-38-33(22-31)34(43(56(38)11-2)32-14-12-19-50-41(32)30(5)64-9)24-48(6,7)28-65-46(62)35-15-13-20-58(53-35)45(36)61/h10,12,14,16-17,19,22,25,29-30,35-36,42,53H,1,11,13,15,18,20-21,23-24,26-28H2,2-9H3,(H,52,60)/t30-,35-,36-,42-/m0/s1. The van der Waals surface area contributed by atoms with Gasteiger partial charge >= 0.3 is 12.0 Å². The number of pyridine rings is 1. The smallest absolute Gasteiger partial charge is 0.324 e. The van der Waals surface area contributed by atoms with Gasteiger partial charge in [-0.05, 0) is 81.4 Å². The highest BCUT2D eigenvalue weighted by Gasteiger charge is 2.57. The van der Waals surface area contributed by atoms with Crippen molar-refractivity contribution in [1.82, 2.24) is 45.0 Å². The SMILES string of the molecule is C=CC(=O)N1CCC12CN(C(=O)N(C)[C@H](C(=O)N[C@H]1Cc3nc(cs3)-c3ccc4c(c3)c(c(-c3cccnc3[C@H](C)OC)n4CC)CC(C)(C)COC(=O)[C@@H]3CCCN(N3)C1=O)C(C)C)C2. The van der Waals surface area contributed by atoms with Gasteiger partial charge in [-0.25, -0.2) is 15.2 Å². The number of carbonyl (C=O) groups is 5. The predicted molar refractivity (Wildman–Crippen MR) is 252 cm³/mol. The number of benzene rings is 1. The molecular weight excluding hydrogens is 859 g/mol. The van der Waals surface area contributed by atoms with Crippen LogP contribution in [0.5, 0.6) is 0 Å². The van der Waals surface area contributed by atoms with E-state index in [1.165, 1.54) is 27.3 Å². The number of aromatic nitrogens is 3. The van der Waals surface area contributed by atoms with Crippen molar-refractivity contribution < 1.29 is 33.4 Å². The van der Waals surface area contributed by atoms with E-state index in [-0.39, 0.29) is 37.0 Å². The monoisotopic (exact) mass is 921 g/mol. The second-order valence-corrected chi connectivity index (χ2v) is 20.3. The predicted octanol–water partition coefficient (Wildman–Crippen LogP) is 5.75. The van der Waals surface area contributed by atoms with Crippen molar-refractivity contribution in [2.75, 3.05) is 46.9 Å². The Kier molecular flexibility index (Phi) is 13.2. The zero-order chi connectivity index (χ0) is 47.2. The van der Waals surface area contributed by atoms with Gasteiger partial charge in [0.25, 0.3) is 5.91 Å². The molecule has 6 bridgehead atoms. The summed E-state index contributed by atoms with van der Waals surface area (Å²) >= 11 is 1.41. The van der Waals surface area contributed by atoms with E-state index in [1.54, 1.807) is 30.2 Å². The number of nitrogens with one attached hydrogen (secondary N) is 2. The van der Waals surface area contributed by atoms with Crippen molar-refractivity contribution in [1.29, 1.82) is 0 Å². The van der Waals surface area contributed by atoms with Crippen molar-refractivity contribution in [3.05, 3.63) is 70.8 Å². The van der Waals surface area contributed by atoms with Crippen LogP contribution in [-0.4, -0.2) is 135 Å². The topological polar surface area (TPSA) is 172 Å². The Morgan fingerprint density at radius 2 is 1.92 bits per heavy atom. The molecule has 16 nitrogen and oxygen atoms in total. The molecule has 4 aliphatic rings. The van der Waals surface area contributed by atoms with Crippen LogP contribution in [0.4, 0.5) is 4.79 Å². The first kappa shape index (κ1) is 46.9. The van der Waals surface area contributed by atoms with Gasteiger partial charge in [-0.2, -0.15) is 0 Å². The van der Waals surface area contributed by atoms with Crippen molar-refractivity contribution in [3.63, 3.8) is 0 Å². The van der Waals surface area contributed by atoms with Crippen LogP contribution in [0, 0.1) is 11.3 Å². The summed E-state index contributed by atoms with van der Waals surface area (Å²) in [5.41, 5.74) is 8.86. The number of thiazole rings is 1. The number of methoxy groups -OCH3 is 1. The number of cyclic esters (lactones) is 1. The maximum absolute atomic E-state index is 14.6. The minimum absolute atomic E-state index is 0.0757. The molecule has 3 fully saturated rings. The summed E-state index contributed by atoms with van der Waals surface area (Å²) < 4.78 is 14.2. The number of ether oxygens (including phenoxy) is 2. The normalized spacial score (nSPS) is 21.4. The zero-order valence-corrected chi connectivity index (χ0v) is 40.2. The highest BCUT2D eigenvalue weighted by molar-refractivity contribution is 7.10. The van der Waals surface area contributed by atoms with Crippen molar-refractivity contribution >= 4 is 52.0 Å². The molecule has 7 heterocycles. The van der Waals surface area contributed by atoms with Gasteiger partial charge < -0.3 is 34.1 Å². The molecule has 3 saturated heterocycles. The van der Waals surface area contributed by atoms with Crippen molar-refractivity contribution in [2.24, 2.45) is 11.3 Å². The number of nitrogens with zero attached hydrogens (tertiary/aromatic N) is 7. The maximum Gasteiger partial charge on any atom is 0.324 e. The van der Waals surface area contributed by atoms with Gasteiger partial charge in [-0.15, -0.1) is 11.3 Å². The molecule has 5 amide bonds. The first-order chi connectivity index (χ1) is 31.5. The molecule has 4 atom stereocenters. The zero-order valence-electron chi connectivity index (χ0n) is 39.4. The number of amides is 5. The largest absolute Gasteiger partial charge is 0.464 e. The molecule has 0 aliphatic carbocycles. The number of fused-ring (bicyclic) bond motifs is 6. The molecule has 66 heavy (non-hydrogen) atoms. The minimum atomic E-state index is -1.08. The third-order valence-electron chi connectivity index (χ3n) is 13.8. The Balaban J connectivity index is 1.13. The van der Waals surface area contributed by atoms with E-state index in [1.807, 2.05) is 32.2 Å². The molecule has 1 aromatic carbocycles. The van der Waals surface area contributed by atoms with Gasteiger partial charge in [-0.3, -0.25) is 29.2 Å². The molecule has 17 heteroatoms. The van der Waals surface area contributed by atoms with E-state index in [4.69, 9.17) is 19.4 Å². The number of likely N-dealkylation sites (N-methyl/N-ethyl adjacent to an activating group) is 1. The van der Waals surface area contributed by atoms with Crippen LogP contribution in [0.1, 0.15) is 83.2 Å². The van der Waals surface area contributed by atoms with Gasteiger partial charge in [0.15, 0.2) is 0 Å². The van der Waals surface area contributed by atoms with E-state index < -0.39 is 46.9 Å². The van der Waals surface area contributed by atoms with E-state index in [0.717, 1.165) is 51.1 Å². The number of urea groups is 1. The Morgan fingerprint density at radius 1 is 1.15 bits per heavy atom. The minimum Gasteiger partial charge on any atom is -0.464 e. The summed E-state index contributed by atoms with van der Waals surface area (Å²) in [5, 5.41) is 8.11. The Labute approximate surface area is 390 Å². The molecule has 2 N–H and O–H groups in total. The number of rotatable bonds is 9. The Hall–Kier alpha value is -5.65. The molecule has 0 saturated carbocycles. The first-order valence-corrected chi connectivity index (χ1v) is 24.0. The fraction of sp³-hybridized carbons (Fsp3) is 0.531. The van der Waals surface area contributed by atoms with Crippen LogP contribution in [0.2, 0.25) is 0 Å². The number of carbonyl (C=O) groups excluding carboxylic acids is 5. The lowest BCUT2D eigenvalue weighted by atomic mass is 9.77. The third kappa shape index (κ3) is 8.72. The van der Waals surface area contributed by atoms with Gasteiger partial charge in [0, 0.05) is 92.3 Å². The molecular formula is C49H63N9O7S. The highest BCUT2D eigenvalue weighted by Crippen LogP contribution is 2.43. The maximum atomic E-state index is 14.6. The molecule has 4 aromatic rings. The Bertz CT molecular complexity index is 2540. The van der Waals surface area contributed by atoms with Gasteiger partial charge in [-0.1, -0.05) is 40.3 Å². The molecule has 1 spiro atoms. The van der Waals surface area contributed by atoms with Gasteiger partial charge in [0.2, 0.25) is 11.8 Å². The summed E-state index contributed by atoms with van der Waals surface area (Å²) in [4.78, 5) is 84.0. The number of likely N-dealkylation sites (tertiary alicyclic amines) is 2. The summed E-state index contributed by atoms with van der Waals surface area (Å²) in [6.07, 6.45) is 5.28. The summed E-state index contributed by atoms with van der Waals surface area (Å²) in [6.45, 7) is 18.2. The third-order valence-corrected chi connectivity index (χ3v) is 14.7. The summed E-state index contributed by atoms with van der Waals surface area (Å²) in [7, 11) is 3.28. The van der Waals surface area contributed by atoms with E-state index in [9.17, 15) is 24.0 Å². The van der Waals surface area contributed by atoms with E-state index in [0.29, 0.717) is 57.0 Å². The number of aryl methyl sites for hydroxylation is 1. The molecule has 0 radical (unpaired) electrons. The fourth-order valence-corrected chi connectivity index (χ4v) is 11.1. The highest BCUT2D eigenvalue weighted by atomic mass is 32.1. The lowest BCUT2D eigenvalue weighted by Crippen LogP contribution is -2.79. The average Bonchev–Trinajstić information content (AvgIpc) is 3.87. The molecule has 0 unspecified atom stereocenters. The molecule has 4 aliphatic heterocycles. The quantitative estimate of drug-likeness (QED) is 0.156. The van der Waals surface area contributed by atoms with Crippen molar-refractivity contribution in [3.8, 4) is 22.5 Å².